The Balaban J connectivity index is 1.80. The third kappa shape index (κ3) is 6.38. The standard InChI is InChI=1S/C21H30O3/c1-2-3-4-5-6-9-18(22)14-12-17-13-15-20(23)21(16-17)24-19-10-7-8-11-19/h6,9,13,15-16,19,23H,2-5,7-8,10-12,14H2,1H3. The number of ether oxygens (including phenoxy) is 1. The minimum Gasteiger partial charge on any atom is -0.504 e. The van der Waals surface area contributed by atoms with Crippen LogP contribution in [0.2, 0.25) is 0 Å². The molecule has 3 heteroatoms. The van der Waals surface area contributed by atoms with E-state index < -0.39 is 0 Å². The van der Waals surface area contributed by atoms with Gasteiger partial charge in [-0.25, -0.2) is 0 Å². The van der Waals surface area contributed by atoms with Gasteiger partial charge in [-0.2, -0.15) is 0 Å². The Hall–Kier alpha value is -1.77. The Morgan fingerprint density at radius 1 is 1.29 bits per heavy atom. The van der Waals surface area contributed by atoms with Crippen LogP contribution in [-0.4, -0.2) is 17.0 Å². The number of carbonyl (C=O) groups is 1. The fourth-order valence-electron chi connectivity index (χ4n) is 3.07. The lowest BCUT2D eigenvalue weighted by Gasteiger charge is -2.15. The number of aryl methyl sites for hydroxylation is 1. The van der Waals surface area contributed by atoms with Crippen LogP contribution >= 0.6 is 0 Å². The summed E-state index contributed by atoms with van der Waals surface area (Å²) in [6, 6.07) is 5.42. The molecule has 1 aromatic rings. The zero-order chi connectivity index (χ0) is 17.2. The summed E-state index contributed by atoms with van der Waals surface area (Å²) < 4.78 is 5.91. The molecule has 1 aliphatic rings. The van der Waals surface area contributed by atoms with Crippen molar-refractivity contribution in [1.82, 2.24) is 0 Å². The summed E-state index contributed by atoms with van der Waals surface area (Å²) in [4.78, 5) is 11.9. The third-order valence-electron chi connectivity index (χ3n) is 4.56. The van der Waals surface area contributed by atoms with E-state index in [1.165, 1.54) is 25.7 Å². The number of phenolic OH excluding ortho intramolecular Hbond substituents is 1. The van der Waals surface area contributed by atoms with Crippen LogP contribution in [0.25, 0.3) is 0 Å². The number of carbonyl (C=O) groups excluding carboxylic acids is 1. The summed E-state index contributed by atoms with van der Waals surface area (Å²) in [6.45, 7) is 2.18. The number of phenols is 1. The van der Waals surface area contributed by atoms with E-state index in [2.05, 4.69) is 6.92 Å². The van der Waals surface area contributed by atoms with E-state index in [0.717, 1.165) is 31.2 Å². The van der Waals surface area contributed by atoms with Gasteiger partial charge in [-0.05, 0) is 68.7 Å². The van der Waals surface area contributed by atoms with Gasteiger partial charge in [0.1, 0.15) is 0 Å². The lowest BCUT2D eigenvalue weighted by Crippen LogP contribution is -2.11. The van der Waals surface area contributed by atoms with E-state index >= 15 is 0 Å². The Morgan fingerprint density at radius 3 is 2.83 bits per heavy atom. The number of unbranched alkanes of at least 4 members (excludes halogenated alkanes) is 3. The van der Waals surface area contributed by atoms with Crippen LogP contribution in [0, 0.1) is 0 Å². The summed E-state index contributed by atoms with van der Waals surface area (Å²) in [5.74, 6) is 0.910. The quantitative estimate of drug-likeness (QED) is 0.464. The molecule has 1 saturated carbocycles. The minimum absolute atomic E-state index is 0.165. The molecule has 0 aliphatic heterocycles. The van der Waals surface area contributed by atoms with Crippen LogP contribution in [0.1, 0.15) is 70.3 Å². The van der Waals surface area contributed by atoms with Gasteiger partial charge in [0.05, 0.1) is 6.10 Å². The van der Waals surface area contributed by atoms with E-state index in [1.54, 1.807) is 12.1 Å². The molecule has 24 heavy (non-hydrogen) atoms. The van der Waals surface area contributed by atoms with Gasteiger partial charge in [-0.15, -0.1) is 0 Å². The number of ketones is 1. The second-order valence-electron chi connectivity index (χ2n) is 6.69. The Bertz CT molecular complexity index is 542. The number of rotatable bonds is 10. The molecule has 132 valence electrons. The van der Waals surface area contributed by atoms with E-state index in [4.69, 9.17) is 4.74 Å². The fourth-order valence-corrected chi connectivity index (χ4v) is 3.07. The van der Waals surface area contributed by atoms with Crippen molar-refractivity contribution in [1.29, 1.82) is 0 Å². The lowest BCUT2D eigenvalue weighted by atomic mass is 10.1. The monoisotopic (exact) mass is 330 g/mol. The van der Waals surface area contributed by atoms with Crippen molar-refractivity contribution in [3.8, 4) is 11.5 Å². The molecule has 1 N–H and O–H groups in total. The first-order valence-corrected chi connectivity index (χ1v) is 9.37. The first-order valence-electron chi connectivity index (χ1n) is 9.37. The fraction of sp³-hybridized carbons (Fsp3) is 0.571. The largest absolute Gasteiger partial charge is 0.504 e. The summed E-state index contributed by atoms with van der Waals surface area (Å²) in [7, 11) is 0. The van der Waals surface area contributed by atoms with Crippen molar-refractivity contribution >= 4 is 5.78 Å². The normalized spacial score (nSPS) is 15.2. The molecule has 0 spiro atoms. The molecule has 0 aromatic heterocycles. The second kappa shape index (κ2) is 10.2. The van der Waals surface area contributed by atoms with Gasteiger partial charge in [0, 0.05) is 6.42 Å². The maximum Gasteiger partial charge on any atom is 0.161 e. The maximum atomic E-state index is 11.9. The van der Waals surface area contributed by atoms with Crippen molar-refractivity contribution in [2.24, 2.45) is 0 Å². The first kappa shape index (κ1) is 18.6. The van der Waals surface area contributed by atoms with Crippen molar-refractivity contribution in [3.63, 3.8) is 0 Å². The highest BCUT2D eigenvalue weighted by Gasteiger charge is 2.18. The second-order valence-corrected chi connectivity index (χ2v) is 6.69. The number of hydrogen-bond acceptors (Lipinski definition) is 3. The van der Waals surface area contributed by atoms with E-state index in [0.29, 0.717) is 18.6 Å². The molecule has 0 amide bonds. The minimum atomic E-state index is 0.165. The molecule has 1 fully saturated rings. The summed E-state index contributed by atoms with van der Waals surface area (Å²) in [5.41, 5.74) is 1.04. The smallest absolute Gasteiger partial charge is 0.161 e. The van der Waals surface area contributed by atoms with Crippen molar-refractivity contribution in [2.45, 2.75) is 77.2 Å². The molecule has 2 rings (SSSR count). The highest BCUT2D eigenvalue weighted by Crippen LogP contribution is 2.31. The number of aromatic hydroxyl groups is 1. The molecule has 1 aromatic carbocycles. The van der Waals surface area contributed by atoms with Crippen LogP contribution in [0.5, 0.6) is 11.5 Å². The predicted molar refractivity (Wildman–Crippen MR) is 97.6 cm³/mol. The van der Waals surface area contributed by atoms with Crippen molar-refractivity contribution < 1.29 is 14.6 Å². The highest BCUT2D eigenvalue weighted by atomic mass is 16.5. The zero-order valence-electron chi connectivity index (χ0n) is 14.8. The van der Waals surface area contributed by atoms with Crippen LogP contribution < -0.4 is 4.74 Å². The predicted octanol–water partition coefficient (Wildman–Crippen LogP) is 5.35. The molecule has 0 heterocycles. The molecule has 3 nitrogen and oxygen atoms in total. The molecular weight excluding hydrogens is 300 g/mol. The van der Waals surface area contributed by atoms with E-state index in [9.17, 15) is 9.90 Å². The number of benzene rings is 1. The van der Waals surface area contributed by atoms with Gasteiger partial charge in [-0.3, -0.25) is 4.79 Å². The first-order chi connectivity index (χ1) is 11.7. The summed E-state index contributed by atoms with van der Waals surface area (Å²) >= 11 is 0. The summed E-state index contributed by atoms with van der Waals surface area (Å²) in [6.07, 6.45) is 14.2. The topological polar surface area (TPSA) is 46.5 Å². The van der Waals surface area contributed by atoms with E-state index in [-0.39, 0.29) is 17.6 Å². The van der Waals surface area contributed by atoms with Crippen molar-refractivity contribution in [3.05, 3.63) is 35.9 Å². The molecule has 0 unspecified atom stereocenters. The van der Waals surface area contributed by atoms with Gasteiger partial charge in [-0.1, -0.05) is 31.9 Å². The molecule has 0 bridgehead atoms. The summed E-state index contributed by atoms with van der Waals surface area (Å²) in [5, 5.41) is 9.96. The number of allylic oxidation sites excluding steroid dienone is 2. The van der Waals surface area contributed by atoms with Gasteiger partial charge >= 0.3 is 0 Å². The SMILES string of the molecule is CCCCCC=CC(=O)CCc1ccc(O)c(OC2CCCC2)c1. The number of hydrogen-bond donors (Lipinski definition) is 1. The van der Waals surface area contributed by atoms with Gasteiger partial charge < -0.3 is 9.84 Å². The lowest BCUT2D eigenvalue weighted by molar-refractivity contribution is -0.114. The van der Waals surface area contributed by atoms with Crippen LogP contribution in [0.3, 0.4) is 0 Å². The maximum absolute atomic E-state index is 11.9. The molecule has 0 radical (unpaired) electrons. The zero-order valence-corrected chi connectivity index (χ0v) is 14.8. The van der Waals surface area contributed by atoms with Gasteiger partial charge in [0.15, 0.2) is 17.3 Å². The molecule has 0 atom stereocenters. The van der Waals surface area contributed by atoms with Gasteiger partial charge in [0.25, 0.3) is 0 Å². The van der Waals surface area contributed by atoms with Crippen LogP contribution in [0.15, 0.2) is 30.4 Å². The van der Waals surface area contributed by atoms with E-state index in [1.807, 2.05) is 18.2 Å². The highest BCUT2D eigenvalue weighted by molar-refractivity contribution is 5.89. The Kier molecular flexibility index (Phi) is 7.87. The Labute approximate surface area is 145 Å². The van der Waals surface area contributed by atoms with Crippen LogP contribution in [-0.2, 0) is 11.2 Å². The Morgan fingerprint density at radius 2 is 2.08 bits per heavy atom. The van der Waals surface area contributed by atoms with Gasteiger partial charge in [0.2, 0.25) is 0 Å². The molecular formula is C21H30O3. The molecule has 1 aliphatic carbocycles. The van der Waals surface area contributed by atoms with Crippen LogP contribution in [0.4, 0.5) is 0 Å². The van der Waals surface area contributed by atoms with Crippen molar-refractivity contribution in [2.75, 3.05) is 0 Å². The average Bonchev–Trinajstić information content (AvgIpc) is 3.08. The third-order valence-corrected chi connectivity index (χ3v) is 4.56. The average molecular weight is 330 g/mol. The molecule has 0 saturated heterocycles.